The minimum absolute atomic E-state index is 0.0298. The second-order valence-electron chi connectivity index (χ2n) is 4.81. The molecule has 0 aromatic heterocycles. The molecule has 2 heteroatoms. The smallest absolute Gasteiger partial charge is 0.193 e. The Morgan fingerprint density at radius 1 is 1.21 bits per heavy atom. The molecular weight excluding hydrogens is 256 g/mol. The molecule has 1 aromatic rings. The predicted octanol–water partition coefficient (Wildman–Crippen LogP) is 4.97. The minimum atomic E-state index is 0.0298. The van der Waals surface area contributed by atoms with Crippen LogP contribution in [0.4, 0.5) is 0 Å². The Bertz CT molecular complexity index is 591. The van der Waals surface area contributed by atoms with Crippen molar-refractivity contribution in [3.63, 3.8) is 0 Å². The fraction of sp³-hybridized carbons (Fsp3) is 0.235. The molecule has 0 amide bonds. The average Bonchev–Trinajstić information content (AvgIpc) is 2.39. The summed E-state index contributed by atoms with van der Waals surface area (Å²) in [6.07, 6.45) is 7.55. The molecule has 1 aromatic carbocycles. The molecule has 0 saturated heterocycles. The zero-order valence-electron chi connectivity index (χ0n) is 11.2. The second kappa shape index (κ2) is 6.03. The van der Waals surface area contributed by atoms with Gasteiger partial charge in [-0.05, 0) is 38.3 Å². The van der Waals surface area contributed by atoms with Crippen molar-refractivity contribution < 1.29 is 4.79 Å². The lowest BCUT2D eigenvalue weighted by atomic mass is 9.96. The van der Waals surface area contributed by atoms with Gasteiger partial charge in [0.1, 0.15) is 0 Å². The summed E-state index contributed by atoms with van der Waals surface area (Å²) >= 11 is 6.23. The molecule has 2 rings (SSSR count). The summed E-state index contributed by atoms with van der Waals surface area (Å²) in [6.45, 7) is 3.96. The van der Waals surface area contributed by atoms with Gasteiger partial charge in [-0.15, -0.1) is 0 Å². The first-order valence-corrected chi connectivity index (χ1v) is 6.81. The first-order valence-electron chi connectivity index (χ1n) is 6.43. The van der Waals surface area contributed by atoms with Gasteiger partial charge in [-0.2, -0.15) is 0 Å². The van der Waals surface area contributed by atoms with E-state index in [-0.39, 0.29) is 5.78 Å². The Labute approximate surface area is 119 Å². The zero-order chi connectivity index (χ0) is 13.8. The highest BCUT2D eigenvalue weighted by molar-refractivity contribution is 6.32. The number of carbonyl (C=O) groups excluding carboxylic acids is 1. The Balaban J connectivity index is 2.43. The highest BCUT2D eigenvalue weighted by Crippen LogP contribution is 2.23. The van der Waals surface area contributed by atoms with Gasteiger partial charge in [0.15, 0.2) is 5.78 Å². The number of halogens is 1. The number of rotatable bonds is 2. The number of carbonyl (C=O) groups is 1. The van der Waals surface area contributed by atoms with E-state index in [9.17, 15) is 4.79 Å². The summed E-state index contributed by atoms with van der Waals surface area (Å²) in [5.41, 5.74) is 3.50. The molecular formula is C17H17ClO. The molecule has 0 bridgehead atoms. The number of ketones is 1. The summed E-state index contributed by atoms with van der Waals surface area (Å²) in [7, 11) is 0. The van der Waals surface area contributed by atoms with Crippen LogP contribution < -0.4 is 0 Å². The first-order chi connectivity index (χ1) is 9.09. The lowest BCUT2D eigenvalue weighted by molar-refractivity contribution is 0.103. The van der Waals surface area contributed by atoms with Gasteiger partial charge in [-0.3, -0.25) is 4.79 Å². The highest BCUT2D eigenvalue weighted by Gasteiger charge is 2.13. The molecule has 98 valence electrons. The lowest BCUT2D eigenvalue weighted by Gasteiger charge is -2.09. The van der Waals surface area contributed by atoms with E-state index < -0.39 is 0 Å². The molecule has 19 heavy (non-hydrogen) atoms. The standard InChI is InChI=1S/C17H17ClO/c1-12-7-4-6-10-15(12)17(19)14-9-5-3-8-13(2)16(18)11-14/h4-7,9-11H,3,8H2,1-2H3/b9-5?,14-11+,16-13+. The number of benzene rings is 1. The van der Waals surface area contributed by atoms with Crippen LogP contribution in [0.3, 0.4) is 0 Å². The largest absolute Gasteiger partial charge is 0.289 e. The van der Waals surface area contributed by atoms with Crippen LogP contribution in [0.5, 0.6) is 0 Å². The number of hydrogen-bond acceptors (Lipinski definition) is 1. The van der Waals surface area contributed by atoms with Gasteiger partial charge >= 0.3 is 0 Å². The van der Waals surface area contributed by atoms with Gasteiger partial charge in [-0.1, -0.05) is 53.6 Å². The maximum atomic E-state index is 12.5. The quantitative estimate of drug-likeness (QED) is 0.695. The van der Waals surface area contributed by atoms with Crippen molar-refractivity contribution in [3.05, 3.63) is 69.8 Å². The summed E-state index contributed by atoms with van der Waals surface area (Å²) in [5.74, 6) is 0.0298. The Morgan fingerprint density at radius 3 is 2.68 bits per heavy atom. The Hall–Kier alpha value is -1.60. The Kier molecular flexibility index (Phi) is 4.39. The molecule has 0 saturated carbocycles. The van der Waals surface area contributed by atoms with Crippen LogP contribution in [-0.4, -0.2) is 5.78 Å². The summed E-state index contributed by atoms with van der Waals surface area (Å²) in [4.78, 5) is 12.5. The summed E-state index contributed by atoms with van der Waals surface area (Å²) < 4.78 is 0. The lowest BCUT2D eigenvalue weighted by Crippen LogP contribution is -2.05. The van der Waals surface area contributed by atoms with Gasteiger partial charge in [-0.25, -0.2) is 0 Å². The minimum Gasteiger partial charge on any atom is -0.289 e. The molecule has 0 radical (unpaired) electrons. The average molecular weight is 273 g/mol. The third kappa shape index (κ3) is 3.24. The zero-order valence-corrected chi connectivity index (χ0v) is 12.0. The van der Waals surface area contributed by atoms with Gasteiger partial charge < -0.3 is 0 Å². The molecule has 1 nitrogen and oxygen atoms in total. The SMILES string of the molecule is C/C1=C(Cl)/C=C(/C(=O)c2ccccc2C)C=CCC1. The van der Waals surface area contributed by atoms with E-state index in [1.54, 1.807) is 6.08 Å². The van der Waals surface area contributed by atoms with Crippen LogP contribution in [0.2, 0.25) is 0 Å². The topological polar surface area (TPSA) is 17.1 Å². The van der Waals surface area contributed by atoms with Gasteiger partial charge in [0.2, 0.25) is 0 Å². The monoisotopic (exact) mass is 272 g/mol. The molecule has 1 aliphatic carbocycles. The number of aryl methyl sites for hydroxylation is 1. The van der Waals surface area contributed by atoms with Crippen molar-refractivity contribution in [3.8, 4) is 0 Å². The predicted molar refractivity (Wildman–Crippen MR) is 80.5 cm³/mol. The number of Topliss-reactive ketones (excluding diaryl/α,β-unsaturated/α-hetero) is 1. The molecule has 0 aliphatic heterocycles. The normalized spacial score (nSPS) is 22.4. The van der Waals surface area contributed by atoms with E-state index in [0.717, 1.165) is 29.5 Å². The van der Waals surface area contributed by atoms with Crippen molar-refractivity contribution in [2.45, 2.75) is 26.7 Å². The van der Waals surface area contributed by atoms with Crippen LogP contribution in [-0.2, 0) is 0 Å². The summed E-state index contributed by atoms with van der Waals surface area (Å²) in [5, 5.41) is 0.682. The van der Waals surface area contributed by atoms with Gasteiger partial charge in [0.25, 0.3) is 0 Å². The van der Waals surface area contributed by atoms with Crippen LogP contribution in [0.15, 0.2) is 58.7 Å². The number of allylic oxidation sites excluding steroid dienone is 6. The van der Waals surface area contributed by atoms with E-state index >= 15 is 0 Å². The fourth-order valence-corrected chi connectivity index (χ4v) is 2.27. The van der Waals surface area contributed by atoms with E-state index in [4.69, 9.17) is 11.6 Å². The van der Waals surface area contributed by atoms with E-state index in [1.807, 2.05) is 50.3 Å². The molecule has 1 aliphatic rings. The van der Waals surface area contributed by atoms with Crippen molar-refractivity contribution in [1.82, 2.24) is 0 Å². The molecule has 0 heterocycles. The molecule has 0 N–H and O–H groups in total. The Morgan fingerprint density at radius 2 is 1.95 bits per heavy atom. The summed E-state index contributed by atoms with van der Waals surface area (Å²) in [6, 6.07) is 7.63. The van der Waals surface area contributed by atoms with Crippen molar-refractivity contribution in [1.29, 1.82) is 0 Å². The third-order valence-electron chi connectivity index (χ3n) is 3.33. The fourth-order valence-electron chi connectivity index (χ4n) is 2.06. The van der Waals surface area contributed by atoms with E-state index in [1.165, 1.54) is 0 Å². The van der Waals surface area contributed by atoms with Crippen molar-refractivity contribution in [2.24, 2.45) is 0 Å². The maximum absolute atomic E-state index is 12.5. The van der Waals surface area contributed by atoms with Crippen LogP contribution >= 0.6 is 11.6 Å². The molecule has 0 atom stereocenters. The number of hydrogen-bond donors (Lipinski definition) is 0. The van der Waals surface area contributed by atoms with Crippen molar-refractivity contribution in [2.75, 3.05) is 0 Å². The first kappa shape index (κ1) is 13.8. The van der Waals surface area contributed by atoms with Crippen LogP contribution in [0, 0.1) is 6.92 Å². The van der Waals surface area contributed by atoms with Gasteiger partial charge in [0.05, 0.1) is 0 Å². The highest BCUT2D eigenvalue weighted by atomic mass is 35.5. The van der Waals surface area contributed by atoms with Gasteiger partial charge in [0, 0.05) is 16.2 Å². The molecule has 0 unspecified atom stereocenters. The van der Waals surface area contributed by atoms with E-state index in [2.05, 4.69) is 0 Å². The second-order valence-corrected chi connectivity index (χ2v) is 5.22. The van der Waals surface area contributed by atoms with Crippen LogP contribution in [0.1, 0.15) is 35.7 Å². The van der Waals surface area contributed by atoms with Crippen molar-refractivity contribution >= 4 is 17.4 Å². The molecule has 0 spiro atoms. The maximum Gasteiger partial charge on any atom is 0.193 e. The van der Waals surface area contributed by atoms with Crippen LogP contribution in [0.25, 0.3) is 0 Å². The van der Waals surface area contributed by atoms with E-state index in [0.29, 0.717) is 10.6 Å². The molecule has 0 fully saturated rings. The third-order valence-corrected chi connectivity index (χ3v) is 3.76.